The Morgan fingerprint density at radius 3 is 2.54 bits per heavy atom. The summed E-state index contributed by atoms with van der Waals surface area (Å²) >= 11 is 0. The fraction of sp³-hybridized carbons (Fsp3) is 0.0556. The quantitative estimate of drug-likeness (QED) is 0.513. The highest BCUT2D eigenvalue weighted by Crippen LogP contribution is 2.29. The van der Waals surface area contributed by atoms with E-state index in [0.29, 0.717) is 10.9 Å². The van der Waals surface area contributed by atoms with Crippen LogP contribution in [0.1, 0.15) is 10.4 Å². The molecule has 26 heavy (non-hydrogen) atoms. The number of aromatic hydroxyl groups is 1. The maximum atomic E-state index is 12.2. The van der Waals surface area contributed by atoms with E-state index in [9.17, 15) is 19.5 Å². The zero-order valence-electron chi connectivity index (χ0n) is 13.5. The van der Waals surface area contributed by atoms with E-state index in [1.54, 1.807) is 42.5 Å². The van der Waals surface area contributed by atoms with Gasteiger partial charge in [0.05, 0.1) is 12.2 Å². The van der Waals surface area contributed by atoms with Gasteiger partial charge in [0.15, 0.2) is 0 Å². The second kappa shape index (κ2) is 6.60. The zero-order chi connectivity index (χ0) is 18.8. The first kappa shape index (κ1) is 17.0. The second-order valence-corrected chi connectivity index (χ2v) is 5.59. The summed E-state index contributed by atoms with van der Waals surface area (Å²) in [7, 11) is 0. The van der Waals surface area contributed by atoms with Crippen molar-refractivity contribution in [2.75, 3.05) is 12.3 Å². The number of hydrogen-bond acceptors (Lipinski definition) is 6. The molecule has 0 unspecified atom stereocenters. The van der Waals surface area contributed by atoms with E-state index in [0.717, 1.165) is 5.56 Å². The predicted octanol–water partition coefficient (Wildman–Crippen LogP) is 0.963. The van der Waals surface area contributed by atoms with Crippen molar-refractivity contribution >= 4 is 28.5 Å². The normalized spacial score (nSPS) is 10.6. The first-order chi connectivity index (χ1) is 12.4. The molecule has 1 heterocycles. The number of benzene rings is 2. The van der Waals surface area contributed by atoms with E-state index in [2.05, 4.69) is 5.32 Å². The summed E-state index contributed by atoms with van der Waals surface area (Å²) in [4.78, 5) is 35.0. The summed E-state index contributed by atoms with van der Waals surface area (Å²) in [6.07, 6.45) is 0. The van der Waals surface area contributed by atoms with E-state index in [-0.39, 0.29) is 22.6 Å². The van der Waals surface area contributed by atoms with Gasteiger partial charge in [-0.15, -0.1) is 0 Å². The van der Waals surface area contributed by atoms with Gasteiger partial charge in [0, 0.05) is 5.39 Å². The third-order valence-electron chi connectivity index (χ3n) is 3.78. The van der Waals surface area contributed by atoms with Gasteiger partial charge < -0.3 is 26.3 Å². The Bertz CT molecular complexity index is 1090. The predicted molar refractivity (Wildman–Crippen MR) is 95.5 cm³/mol. The molecule has 6 N–H and O–H groups in total. The highest BCUT2D eigenvalue weighted by atomic mass is 16.4. The lowest BCUT2D eigenvalue weighted by Gasteiger charge is -2.09. The average Bonchev–Trinajstić information content (AvgIpc) is 2.59. The fourth-order valence-corrected chi connectivity index (χ4v) is 2.56. The molecule has 0 spiro atoms. The summed E-state index contributed by atoms with van der Waals surface area (Å²) in [6, 6.07) is 11.5. The van der Waals surface area contributed by atoms with Crippen LogP contribution in [0.2, 0.25) is 0 Å². The van der Waals surface area contributed by atoms with Crippen LogP contribution in [0.3, 0.4) is 0 Å². The molecule has 0 aliphatic carbocycles. The van der Waals surface area contributed by atoms with Crippen LogP contribution in [0.5, 0.6) is 5.75 Å². The molecular formula is C18H15N3O5. The van der Waals surface area contributed by atoms with Gasteiger partial charge in [-0.05, 0) is 35.4 Å². The van der Waals surface area contributed by atoms with Crippen molar-refractivity contribution < 1.29 is 19.1 Å². The minimum atomic E-state index is -0.926. The minimum Gasteiger partial charge on any atom is -0.508 e. The molecule has 0 aliphatic heterocycles. The van der Waals surface area contributed by atoms with Crippen molar-refractivity contribution in [1.82, 2.24) is 5.32 Å². The van der Waals surface area contributed by atoms with E-state index >= 15 is 0 Å². The summed E-state index contributed by atoms with van der Waals surface area (Å²) in [5, 5.41) is 12.2. The summed E-state index contributed by atoms with van der Waals surface area (Å²) in [5.41, 5.74) is 11.2. The third-order valence-corrected chi connectivity index (χ3v) is 3.78. The number of nitrogen functional groups attached to an aromatic ring is 1. The molecule has 0 atom stereocenters. The number of nitrogens with one attached hydrogen (secondary N) is 1. The monoisotopic (exact) mass is 353 g/mol. The van der Waals surface area contributed by atoms with Crippen LogP contribution < -0.4 is 22.4 Å². The van der Waals surface area contributed by atoms with Gasteiger partial charge in [0.2, 0.25) is 5.91 Å². The first-order valence-electron chi connectivity index (χ1n) is 7.59. The molecule has 8 heteroatoms. The van der Waals surface area contributed by atoms with Crippen LogP contribution in [0.25, 0.3) is 22.1 Å². The topological polar surface area (TPSA) is 149 Å². The highest BCUT2D eigenvalue weighted by molar-refractivity contribution is 6.06. The molecule has 3 aromatic rings. The average molecular weight is 353 g/mol. The number of primary amides is 1. The van der Waals surface area contributed by atoms with Crippen molar-refractivity contribution in [3.63, 3.8) is 0 Å². The maximum absolute atomic E-state index is 12.2. The number of phenolic OH excluding ortho intramolecular Hbond substituents is 1. The van der Waals surface area contributed by atoms with Crippen molar-refractivity contribution in [3.05, 3.63) is 58.4 Å². The van der Waals surface area contributed by atoms with Crippen molar-refractivity contribution in [2.24, 2.45) is 5.73 Å². The molecule has 0 bridgehead atoms. The molecule has 0 aliphatic rings. The van der Waals surface area contributed by atoms with Gasteiger partial charge in [0.1, 0.15) is 16.9 Å². The zero-order valence-corrected chi connectivity index (χ0v) is 13.5. The van der Waals surface area contributed by atoms with Gasteiger partial charge in [-0.25, -0.2) is 4.79 Å². The number of hydrogen-bond donors (Lipinski definition) is 4. The number of carbonyl (C=O) groups is 2. The molecule has 132 valence electrons. The van der Waals surface area contributed by atoms with Crippen LogP contribution in [-0.4, -0.2) is 23.5 Å². The maximum Gasteiger partial charge on any atom is 0.351 e. The molecule has 8 nitrogen and oxygen atoms in total. The first-order valence-corrected chi connectivity index (χ1v) is 7.59. The Morgan fingerprint density at radius 2 is 1.85 bits per heavy atom. The van der Waals surface area contributed by atoms with Crippen LogP contribution in [0.15, 0.2) is 51.7 Å². The lowest BCUT2D eigenvalue weighted by atomic mass is 10.0. The number of anilines is 1. The van der Waals surface area contributed by atoms with Crippen LogP contribution in [0, 0.1) is 0 Å². The second-order valence-electron chi connectivity index (χ2n) is 5.59. The van der Waals surface area contributed by atoms with Gasteiger partial charge in [-0.3, -0.25) is 9.59 Å². The minimum absolute atomic E-state index is 0.0549. The number of carbonyl (C=O) groups excluding carboxylic acids is 2. The summed E-state index contributed by atoms with van der Waals surface area (Å²) in [5.74, 6) is -1.49. The highest BCUT2D eigenvalue weighted by Gasteiger charge is 2.20. The summed E-state index contributed by atoms with van der Waals surface area (Å²) in [6.45, 7) is -0.424. The number of fused-ring (bicyclic) bond motifs is 1. The lowest BCUT2D eigenvalue weighted by Crippen LogP contribution is -2.36. The van der Waals surface area contributed by atoms with Gasteiger partial charge in [0.25, 0.3) is 5.91 Å². The van der Waals surface area contributed by atoms with E-state index in [1.807, 2.05) is 0 Å². The van der Waals surface area contributed by atoms with E-state index in [1.165, 1.54) is 0 Å². The molecule has 0 radical (unpaired) electrons. The lowest BCUT2D eigenvalue weighted by molar-refractivity contribution is -0.117. The largest absolute Gasteiger partial charge is 0.508 e. The van der Waals surface area contributed by atoms with Gasteiger partial charge >= 0.3 is 5.63 Å². The fourth-order valence-electron chi connectivity index (χ4n) is 2.56. The Kier molecular flexibility index (Phi) is 4.32. The van der Waals surface area contributed by atoms with Gasteiger partial charge in [-0.2, -0.15) is 0 Å². The molecule has 3 rings (SSSR count). The Hall–Kier alpha value is -3.81. The van der Waals surface area contributed by atoms with Crippen molar-refractivity contribution in [2.45, 2.75) is 0 Å². The molecule has 2 aromatic carbocycles. The SMILES string of the molecule is NC(=O)CNC(=O)c1c(N)c2ccc(-c3cccc(O)c3)cc2oc1=O. The Labute approximate surface area is 147 Å². The molecule has 1 aromatic heterocycles. The molecular weight excluding hydrogens is 338 g/mol. The standard InChI is InChI=1S/C18H15N3O5/c19-14(23)8-21-17(24)15-16(20)12-5-4-10(7-13(12)26-18(15)25)9-2-1-3-11(22)6-9/h1-7,22H,8,20H2,(H2,19,23)(H,21,24). The van der Waals surface area contributed by atoms with Crippen molar-refractivity contribution in [3.8, 4) is 16.9 Å². The number of nitrogens with two attached hydrogens (primary N) is 2. The Morgan fingerprint density at radius 1 is 1.12 bits per heavy atom. The van der Waals surface area contributed by atoms with E-state index in [4.69, 9.17) is 15.9 Å². The smallest absolute Gasteiger partial charge is 0.351 e. The van der Waals surface area contributed by atoms with Crippen LogP contribution in [0.4, 0.5) is 5.69 Å². The van der Waals surface area contributed by atoms with Crippen LogP contribution >= 0.6 is 0 Å². The molecule has 2 amide bonds. The molecule has 0 fully saturated rings. The van der Waals surface area contributed by atoms with Gasteiger partial charge in [-0.1, -0.05) is 18.2 Å². The summed E-state index contributed by atoms with van der Waals surface area (Å²) < 4.78 is 5.22. The van der Waals surface area contributed by atoms with Crippen LogP contribution in [-0.2, 0) is 4.79 Å². The molecule has 0 saturated heterocycles. The number of phenols is 1. The molecule has 0 saturated carbocycles. The van der Waals surface area contributed by atoms with Crippen molar-refractivity contribution in [1.29, 1.82) is 0 Å². The Balaban J connectivity index is 2.08. The number of rotatable bonds is 4. The third kappa shape index (κ3) is 3.20. The van der Waals surface area contributed by atoms with E-state index < -0.39 is 24.0 Å². The number of amides is 2.